The maximum absolute atomic E-state index is 12.5. The molecule has 0 aliphatic carbocycles. The van der Waals surface area contributed by atoms with Crippen molar-refractivity contribution < 1.29 is 9.53 Å². The zero-order valence-electron chi connectivity index (χ0n) is 14.2. The average molecular weight is 380 g/mol. The highest BCUT2D eigenvalue weighted by Crippen LogP contribution is 2.27. The van der Waals surface area contributed by atoms with Gasteiger partial charge in [0.25, 0.3) is 0 Å². The molecule has 1 aliphatic heterocycles. The summed E-state index contributed by atoms with van der Waals surface area (Å²) >= 11 is 7.61. The smallest absolute Gasteiger partial charge is 0.410 e. The van der Waals surface area contributed by atoms with Gasteiger partial charge in [0.05, 0.1) is 5.03 Å². The maximum Gasteiger partial charge on any atom is 0.410 e. The standard InChI is InChI=1S/C18H22ClN3O2S/c1-21-17(11-16(19)20-21)25-13-15-9-5-6-10-22(15)18(23)24-12-14-7-3-2-4-8-14/h2-4,7-8,11,15H,5-6,9-10,12-13H2,1H3. The average Bonchev–Trinajstić information content (AvgIpc) is 2.96. The summed E-state index contributed by atoms with van der Waals surface area (Å²) in [5.74, 6) is 0.816. The lowest BCUT2D eigenvalue weighted by atomic mass is 10.0. The molecule has 1 amide bonds. The van der Waals surface area contributed by atoms with E-state index in [0.29, 0.717) is 11.8 Å². The van der Waals surface area contributed by atoms with Crippen LogP contribution in [0.4, 0.5) is 4.79 Å². The predicted molar refractivity (Wildman–Crippen MR) is 99.9 cm³/mol. The van der Waals surface area contributed by atoms with Crippen LogP contribution in [0.3, 0.4) is 0 Å². The minimum absolute atomic E-state index is 0.177. The Kier molecular flexibility index (Phi) is 6.26. The fourth-order valence-electron chi connectivity index (χ4n) is 2.95. The van der Waals surface area contributed by atoms with Crippen LogP contribution in [0.5, 0.6) is 0 Å². The van der Waals surface area contributed by atoms with E-state index in [4.69, 9.17) is 16.3 Å². The predicted octanol–water partition coefficient (Wildman–Crippen LogP) is 4.36. The van der Waals surface area contributed by atoms with Crippen LogP contribution in [0.2, 0.25) is 5.15 Å². The van der Waals surface area contributed by atoms with Crippen LogP contribution in [-0.4, -0.2) is 39.1 Å². The number of aromatic nitrogens is 2. The number of hydrogen-bond acceptors (Lipinski definition) is 4. The number of aryl methyl sites for hydroxylation is 1. The molecule has 1 aromatic carbocycles. The van der Waals surface area contributed by atoms with Gasteiger partial charge in [-0.1, -0.05) is 41.9 Å². The molecule has 0 radical (unpaired) electrons. The Morgan fingerprint density at radius 3 is 2.88 bits per heavy atom. The van der Waals surface area contributed by atoms with E-state index in [9.17, 15) is 4.79 Å². The SMILES string of the molecule is Cn1nc(Cl)cc1SCC1CCCCN1C(=O)OCc1ccccc1. The van der Waals surface area contributed by atoms with Crippen LogP contribution in [0.15, 0.2) is 41.4 Å². The summed E-state index contributed by atoms with van der Waals surface area (Å²) in [6.07, 6.45) is 2.94. The lowest BCUT2D eigenvalue weighted by molar-refractivity contribution is 0.0731. The second kappa shape index (κ2) is 8.63. The highest BCUT2D eigenvalue weighted by molar-refractivity contribution is 7.99. The minimum atomic E-state index is -0.225. The fraction of sp³-hybridized carbons (Fsp3) is 0.444. The molecule has 0 bridgehead atoms. The van der Waals surface area contributed by atoms with Gasteiger partial charge < -0.3 is 9.64 Å². The zero-order chi connectivity index (χ0) is 17.6. The number of halogens is 1. The van der Waals surface area contributed by atoms with Crippen LogP contribution in [0.1, 0.15) is 24.8 Å². The monoisotopic (exact) mass is 379 g/mol. The summed E-state index contributed by atoms with van der Waals surface area (Å²) in [5.41, 5.74) is 1.00. The molecule has 1 unspecified atom stereocenters. The summed E-state index contributed by atoms with van der Waals surface area (Å²) in [5, 5.41) is 5.65. The van der Waals surface area contributed by atoms with Crippen molar-refractivity contribution in [2.45, 2.75) is 36.9 Å². The van der Waals surface area contributed by atoms with Gasteiger partial charge in [0.2, 0.25) is 0 Å². The van der Waals surface area contributed by atoms with Crippen molar-refractivity contribution >= 4 is 29.5 Å². The first-order valence-corrected chi connectivity index (χ1v) is 9.79. The van der Waals surface area contributed by atoms with Gasteiger partial charge in [0, 0.05) is 31.5 Å². The molecule has 1 fully saturated rings. The quantitative estimate of drug-likeness (QED) is 0.724. The molecule has 0 saturated carbocycles. The lowest BCUT2D eigenvalue weighted by Gasteiger charge is -2.34. The molecule has 25 heavy (non-hydrogen) atoms. The van der Waals surface area contributed by atoms with Crippen molar-refractivity contribution in [1.29, 1.82) is 0 Å². The third kappa shape index (κ3) is 4.92. The van der Waals surface area contributed by atoms with Gasteiger partial charge in [-0.3, -0.25) is 4.68 Å². The molecular formula is C18H22ClN3O2S. The third-order valence-corrected chi connectivity index (χ3v) is 5.71. The Labute approximate surface area is 157 Å². The third-order valence-electron chi connectivity index (χ3n) is 4.30. The largest absolute Gasteiger partial charge is 0.445 e. The molecular weight excluding hydrogens is 358 g/mol. The topological polar surface area (TPSA) is 47.4 Å². The van der Waals surface area contributed by atoms with Crippen LogP contribution in [0.25, 0.3) is 0 Å². The summed E-state index contributed by atoms with van der Waals surface area (Å²) in [6.45, 7) is 1.07. The van der Waals surface area contributed by atoms with E-state index in [2.05, 4.69) is 5.10 Å². The molecule has 5 nitrogen and oxygen atoms in total. The molecule has 1 aliphatic rings. The number of likely N-dealkylation sites (tertiary alicyclic amines) is 1. The Morgan fingerprint density at radius 2 is 2.16 bits per heavy atom. The fourth-order valence-corrected chi connectivity index (χ4v) is 4.36. The number of nitrogens with zero attached hydrogens (tertiary/aromatic N) is 3. The van der Waals surface area contributed by atoms with Crippen LogP contribution in [-0.2, 0) is 18.4 Å². The highest BCUT2D eigenvalue weighted by atomic mass is 35.5. The summed E-state index contributed by atoms with van der Waals surface area (Å²) < 4.78 is 7.29. The van der Waals surface area contributed by atoms with Gasteiger partial charge in [0.15, 0.2) is 5.15 Å². The summed E-state index contributed by atoms with van der Waals surface area (Å²) in [6, 6.07) is 11.8. The van der Waals surface area contributed by atoms with Crippen molar-refractivity contribution in [3.05, 3.63) is 47.1 Å². The number of carbonyl (C=O) groups excluding carboxylic acids is 1. The van der Waals surface area contributed by atoms with E-state index < -0.39 is 0 Å². The van der Waals surface area contributed by atoms with E-state index >= 15 is 0 Å². The molecule has 1 aromatic heterocycles. The molecule has 3 rings (SSSR count). The van der Waals surface area contributed by atoms with Crippen molar-refractivity contribution in [3.8, 4) is 0 Å². The first-order chi connectivity index (χ1) is 12.1. The number of ether oxygens (including phenoxy) is 1. The Hall–Kier alpha value is -1.66. The Morgan fingerprint density at radius 1 is 1.36 bits per heavy atom. The van der Waals surface area contributed by atoms with E-state index in [1.54, 1.807) is 16.4 Å². The van der Waals surface area contributed by atoms with E-state index in [-0.39, 0.29) is 12.1 Å². The van der Waals surface area contributed by atoms with E-state index in [0.717, 1.165) is 42.1 Å². The molecule has 2 heterocycles. The van der Waals surface area contributed by atoms with Gasteiger partial charge in [-0.05, 0) is 24.8 Å². The van der Waals surface area contributed by atoms with Crippen molar-refractivity contribution in [2.75, 3.05) is 12.3 Å². The second-order valence-electron chi connectivity index (χ2n) is 6.12. The minimum Gasteiger partial charge on any atom is -0.445 e. The van der Waals surface area contributed by atoms with E-state index in [1.165, 1.54) is 0 Å². The van der Waals surface area contributed by atoms with Crippen LogP contribution in [0, 0.1) is 0 Å². The maximum atomic E-state index is 12.5. The summed E-state index contributed by atoms with van der Waals surface area (Å²) in [4.78, 5) is 14.4. The van der Waals surface area contributed by atoms with Gasteiger partial charge in [-0.25, -0.2) is 4.79 Å². The molecule has 0 spiro atoms. The van der Waals surface area contributed by atoms with Gasteiger partial charge in [-0.15, -0.1) is 11.8 Å². The summed E-state index contributed by atoms with van der Waals surface area (Å²) in [7, 11) is 1.88. The first-order valence-electron chi connectivity index (χ1n) is 8.43. The number of thioether (sulfide) groups is 1. The Bertz CT molecular complexity index is 708. The number of carbonyl (C=O) groups is 1. The second-order valence-corrected chi connectivity index (χ2v) is 7.55. The van der Waals surface area contributed by atoms with Crippen molar-refractivity contribution in [3.63, 3.8) is 0 Å². The molecule has 7 heteroatoms. The van der Waals surface area contributed by atoms with Crippen molar-refractivity contribution in [2.24, 2.45) is 7.05 Å². The molecule has 1 saturated heterocycles. The van der Waals surface area contributed by atoms with Crippen LogP contribution >= 0.6 is 23.4 Å². The lowest BCUT2D eigenvalue weighted by Crippen LogP contribution is -2.45. The normalized spacial score (nSPS) is 17.5. The molecule has 2 aromatic rings. The van der Waals surface area contributed by atoms with Gasteiger partial charge in [0.1, 0.15) is 6.61 Å². The highest BCUT2D eigenvalue weighted by Gasteiger charge is 2.28. The molecule has 1 atom stereocenters. The first kappa shape index (κ1) is 18.1. The van der Waals surface area contributed by atoms with E-state index in [1.807, 2.05) is 48.3 Å². The number of piperidine rings is 1. The van der Waals surface area contributed by atoms with Gasteiger partial charge >= 0.3 is 6.09 Å². The number of amides is 1. The number of hydrogen-bond donors (Lipinski definition) is 0. The number of benzene rings is 1. The zero-order valence-corrected chi connectivity index (χ0v) is 15.8. The Balaban J connectivity index is 1.56. The molecule has 134 valence electrons. The van der Waals surface area contributed by atoms with Crippen LogP contribution < -0.4 is 0 Å². The van der Waals surface area contributed by atoms with Gasteiger partial charge in [-0.2, -0.15) is 5.10 Å². The number of rotatable bonds is 5. The molecule has 0 N–H and O–H groups in total. The van der Waals surface area contributed by atoms with Crippen molar-refractivity contribution in [1.82, 2.24) is 14.7 Å².